The van der Waals surface area contributed by atoms with Gasteiger partial charge in [0.1, 0.15) is 11.6 Å². The molecule has 1 heterocycles. The van der Waals surface area contributed by atoms with E-state index in [1.54, 1.807) is 12.1 Å². The Morgan fingerprint density at radius 2 is 1.94 bits per heavy atom. The first-order chi connectivity index (χ1) is 8.58. The van der Waals surface area contributed by atoms with Crippen molar-refractivity contribution in [2.45, 2.75) is 4.90 Å². The summed E-state index contributed by atoms with van der Waals surface area (Å²) in [4.78, 5) is 1.92. The highest BCUT2D eigenvalue weighted by Crippen LogP contribution is 2.09. The van der Waals surface area contributed by atoms with E-state index < -0.39 is 15.8 Å². The second-order valence-electron chi connectivity index (χ2n) is 3.32. The minimum Gasteiger partial charge on any atom is -0.463 e. The fourth-order valence-corrected chi connectivity index (χ4v) is 1.98. The van der Waals surface area contributed by atoms with E-state index in [1.165, 1.54) is 12.5 Å². The van der Waals surface area contributed by atoms with Crippen molar-refractivity contribution in [3.05, 3.63) is 54.2 Å². The Bertz CT molecular complexity index is 633. The minimum absolute atomic E-state index is 0.0690. The molecule has 0 radical (unpaired) electrons. The summed E-state index contributed by atoms with van der Waals surface area (Å²) >= 11 is 0. The zero-order valence-corrected chi connectivity index (χ0v) is 9.89. The van der Waals surface area contributed by atoms with Gasteiger partial charge in [-0.15, -0.1) is 0 Å². The van der Waals surface area contributed by atoms with Crippen LogP contribution in [0.3, 0.4) is 0 Å². The van der Waals surface area contributed by atoms with Crippen LogP contribution in [0.25, 0.3) is 0 Å². The van der Waals surface area contributed by atoms with Gasteiger partial charge in [-0.3, -0.25) is 0 Å². The monoisotopic (exact) mass is 268 g/mol. The van der Waals surface area contributed by atoms with Gasteiger partial charge in [0.2, 0.25) is 0 Å². The van der Waals surface area contributed by atoms with E-state index in [2.05, 4.69) is 5.10 Å². The van der Waals surface area contributed by atoms with E-state index in [0.29, 0.717) is 5.76 Å². The number of hydrogen-bond donors (Lipinski definition) is 1. The smallest absolute Gasteiger partial charge is 0.276 e. The van der Waals surface area contributed by atoms with E-state index in [0.717, 1.165) is 24.3 Å². The lowest BCUT2D eigenvalue weighted by molar-refractivity contribution is 0.559. The molecule has 0 amide bonds. The van der Waals surface area contributed by atoms with Gasteiger partial charge < -0.3 is 4.42 Å². The van der Waals surface area contributed by atoms with Crippen LogP contribution in [0.15, 0.2) is 57.1 Å². The van der Waals surface area contributed by atoms with Gasteiger partial charge in [-0.25, -0.2) is 4.39 Å². The van der Waals surface area contributed by atoms with Crippen molar-refractivity contribution in [2.75, 3.05) is 0 Å². The molecule has 5 nitrogen and oxygen atoms in total. The number of hydrazone groups is 1. The zero-order valence-electron chi connectivity index (χ0n) is 9.08. The summed E-state index contributed by atoms with van der Waals surface area (Å²) in [6.45, 7) is 0. The second-order valence-corrected chi connectivity index (χ2v) is 4.98. The third-order valence-corrected chi connectivity index (χ3v) is 3.27. The van der Waals surface area contributed by atoms with Crippen molar-refractivity contribution in [1.29, 1.82) is 0 Å². The van der Waals surface area contributed by atoms with Crippen molar-refractivity contribution in [3.63, 3.8) is 0 Å². The lowest BCUT2D eigenvalue weighted by atomic mass is 10.4. The van der Waals surface area contributed by atoms with Crippen LogP contribution in [-0.2, 0) is 10.0 Å². The Balaban J connectivity index is 2.10. The maximum Gasteiger partial charge on any atom is 0.276 e. The topological polar surface area (TPSA) is 71.7 Å². The minimum atomic E-state index is -3.79. The summed E-state index contributed by atoms with van der Waals surface area (Å²) in [7, 11) is -3.79. The molecular weight excluding hydrogens is 259 g/mol. The molecule has 0 aliphatic carbocycles. The Morgan fingerprint density at radius 1 is 1.22 bits per heavy atom. The zero-order chi connectivity index (χ0) is 13.0. The van der Waals surface area contributed by atoms with Crippen molar-refractivity contribution in [3.8, 4) is 0 Å². The number of rotatable bonds is 4. The normalized spacial score (nSPS) is 11.8. The van der Waals surface area contributed by atoms with E-state index in [9.17, 15) is 12.8 Å². The van der Waals surface area contributed by atoms with Gasteiger partial charge in [0.25, 0.3) is 10.0 Å². The molecule has 0 aliphatic heterocycles. The largest absolute Gasteiger partial charge is 0.463 e. The molecule has 0 unspecified atom stereocenters. The van der Waals surface area contributed by atoms with Gasteiger partial charge in [0.05, 0.1) is 17.4 Å². The highest BCUT2D eigenvalue weighted by molar-refractivity contribution is 7.89. The van der Waals surface area contributed by atoms with Crippen LogP contribution < -0.4 is 4.83 Å². The van der Waals surface area contributed by atoms with E-state index in [4.69, 9.17) is 4.42 Å². The molecule has 2 rings (SSSR count). The molecule has 7 heteroatoms. The number of nitrogens with one attached hydrogen (secondary N) is 1. The first-order valence-corrected chi connectivity index (χ1v) is 6.40. The quantitative estimate of drug-likeness (QED) is 0.678. The maximum absolute atomic E-state index is 12.7. The van der Waals surface area contributed by atoms with Crippen molar-refractivity contribution < 1.29 is 17.2 Å². The van der Waals surface area contributed by atoms with Crippen molar-refractivity contribution in [2.24, 2.45) is 5.10 Å². The Hall–Kier alpha value is -2.15. The van der Waals surface area contributed by atoms with Gasteiger partial charge >= 0.3 is 0 Å². The summed E-state index contributed by atoms with van der Waals surface area (Å²) < 4.78 is 41.0. The van der Waals surface area contributed by atoms with E-state index in [1.807, 2.05) is 4.83 Å². The first kappa shape index (κ1) is 12.3. The van der Waals surface area contributed by atoms with Crippen LogP contribution >= 0.6 is 0 Å². The van der Waals surface area contributed by atoms with Gasteiger partial charge in [-0.1, -0.05) is 0 Å². The highest BCUT2D eigenvalue weighted by Gasteiger charge is 2.12. The molecule has 0 spiro atoms. The van der Waals surface area contributed by atoms with Crippen molar-refractivity contribution >= 4 is 16.2 Å². The standard InChI is InChI=1S/C11H9FN2O3S/c12-9-3-5-11(6-4-9)18(15,16)14-13-8-10-2-1-7-17-10/h1-8,14H/b13-8+. The number of benzene rings is 1. The number of sulfonamides is 1. The average Bonchev–Trinajstić information content (AvgIpc) is 2.82. The fraction of sp³-hybridized carbons (Fsp3) is 0. The molecule has 0 saturated heterocycles. The number of hydrogen-bond acceptors (Lipinski definition) is 4. The predicted molar refractivity (Wildman–Crippen MR) is 63.0 cm³/mol. The predicted octanol–water partition coefficient (Wildman–Crippen LogP) is 1.73. The molecule has 0 aliphatic rings. The van der Waals surface area contributed by atoms with Gasteiger partial charge in [0.15, 0.2) is 0 Å². The molecule has 2 aromatic rings. The van der Waals surface area contributed by atoms with Crippen LogP contribution in [0.5, 0.6) is 0 Å². The van der Waals surface area contributed by atoms with E-state index in [-0.39, 0.29) is 4.90 Å². The maximum atomic E-state index is 12.7. The van der Waals surface area contributed by atoms with Crippen LogP contribution in [0, 0.1) is 5.82 Å². The van der Waals surface area contributed by atoms with Gasteiger partial charge in [-0.2, -0.15) is 18.4 Å². The number of furan rings is 1. The lowest BCUT2D eigenvalue weighted by Crippen LogP contribution is -2.18. The Kier molecular flexibility index (Phi) is 3.42. The molecule has 1 aromatic carbocycles. The van der Waals surface area contributed by atoms with Crippen LogP contribution in [-0.4, -0.2) is 14.6 Å². The summed E-state index contributed by atoms with van der Waals surface area (Å²) in [5, 5.41) is 3.53. The molecular formula is C11H9FN2O3S. The lowest BCUT2D eigenvalue weighted by Gasteiger charge is -2.02. The van der Waals surface area contributed by atoms with E-state index >= 15 is 0 Å². The summed E-state index contributed by atoms with van der Waals surface area (Å²) in [5.74, 6) is -0.0927. The first-order valence-electron chi connectivity index (χ1n) is 4.92. The van der Waals surface area contributed by atoms with Crippen LogP contribution in [0.4, 0.5) is 4.39 Å². The molecule has 18 heavy (non-hydrogen) atoms. The Labute approximate surface area is 103 Å². The van der Waals surface area contributed by atoms with Crippen LogP contribution in [0.2, 0.25) is 0 Å². The molecule has 0 saturated carbocycles. The number of nitrogens with zero attached hydrogens (tertiary/aromatic N) is 1. The second kappa shape index (κ2) is 5.01. The summed E-state index contributed by atoms with van der Waals surface area (Å²) in [5.41, 5.74) is 0. The SMILES string of the molecule is O=S(=O)(N/N=C/c1ccco1)c1ccc(F)cc1. The fourth-order valence-electron chi connectivity index (χ4n) is 1.19. The van der Waals surface area contributed by atoms with Crippen molar-refractivity contribution in [1.82, 2.24) is 4.83 Å². The molecule has 94 valence electrons. The highest BCUT2D eigenvalue weighted by atomic mass is 32.2. The molecule has 0 bridgehead atoms. The third kappa shape index (κ3) is 2.95. The number of halogens is 1. The summed E-state index contributed by atoms with van der Waals surface area (Å²) in [6, 6.07) is 7.70. The Morgan fingerprint density at radius 3 is 2.56 bits per heavy atom. The molecule has 1 N–H and O–H groups in total. The summed E-state index contributed by atoms with van der Waals surface area (Å²) in [6.07, 6.45) is 2.66. The molecule has 1 aromatic heterocycles. The molecule has 0 fully saturated rings. The molecule has 0 atom stereocenters. The van der Waals surface area contributed by atoms with Gasteiger partial charge in [-0.05, 0) is 36.4 Å². The third-order valence-electron chi connectivity index (χ3n) is 2.03. The average molecular weight is 268 g/mol. The van der Waals surface area contributed by atoms with Crippen LogP contribution in [0.1, 0.15) is 5.76 Å². The van der Waals surface area contributed by atoms with Gasteiger partial charge in [0, 0.05) is 0 Å².